The van der Waals surface area contributed by atoms with E-state index in [-0.39, 0.29) is 11.8 Å². The van der Waals surface area contributed by atoms with Crippen molar-refractivity contribution < 1.29 is 14.3 Å². The summed E-state index contributed by atoms with van der Waals surface area (Å²) in [4.78, 5) is 30.9. The van der Waals surface area contributed by atoms with Gasteiger partial charge < -0.3 is 15.0 Å². The van der Waals surface area contributed by atoms with Gasteiger partial charge in [-0.3, -0.25) is 14.5 Å². The van der Waals surface area contributed by atoms with E-state index >= 15 is 0 Å². The van der Waals surface area contributed by atoms with Crippen LogP contribution in [-0.4, -0.2) is 25.5 Å². The van der Waals surface area contributed by atoms with Crippen LogP contribution in [0.15, 0.2) is 72.8 Å². The molecule has 2 amide bonds. The lowest BCUT2D eigenvalue weighted by molar-refractivity contribution is -0.122. The Morgan fingerprint density at radius 3 is 2.37 bits per heavy atom. The topological polar surface area (TPSA) is 61.9 Å². The highest BCUT2D eigenvalue weighted by molar-refractivity contribution is 6.22. The molecular weight excluding hydrogens is 378 g/mol. The van der Waals surface area contributed by atoms with Crippen LogP contribution >= 0.6 is 0 Å². The minimum absolute atomic E-state index is 0.176. The van der Waals surface area contributed by atoms with E-state index in [1.807, 2.05) is 49.4 Å². The van der Waals surface area contributed by atoms with Crippen LogP contribution in [0.1, 0.15) is 22.8 Å². The van der Waals surface area contributed by atoms with E-state index in [1.54, 1.807) is 47.2 Å². The fraction of sp³-hybridized carbons (Fsp3) is 0.167. The molecule has 0 saturated carbocycles. The minimum Gasteiger partial charge on any atom is -0.497 e. The number of rotatable bonds is 3. The first-order chi connectivity index (χ1) is 14.6. The van der Waals surface area contributed by atoms with Gasteiger partial charge in [-0.15, -0.1) is 0 Å². The molecule has 2 aliphatic rings. The zero-order valence-electron chi connectivity index (χ0n) is 16.8. The number of carbonyl (C=O) groups is 2. The number of anilines is 3. The molecule has 6 nitrogen and oxygen atoms in total. The summed E-state index contributed by atoms with van der Waals surface area (Å²) in [5.41, 5.74) is 2.00. The molecule has 1 unspecified atom stereocenters. The van der Waals surface area contributed by atoms with E-state index in [4.69, 9.17) is 4.74 Å². The number of nitrogens with one attached hydrogen (secondary N) is 1. The second-order valence-electron chi connectivity index (χ2n) is 7.29. The number of nitrogens with zero attached hydrogens (tertiary/aromatic N) is 2. The predicted octanol–water partition coefficient (Wildman–Crippen LogP) is 3.99. The molecule has 0 aromatic heterocycles. The Bertz CT molecular complexity index is 1160. The lowest BCUT2D eigenvalue weighted by atomic mass is 9.92. The highest BCUT2D eigenvalue weighted by Crippen LogP contribution is 2.49. The summed E-state index contributed by atoms with van der Waals surface area (Å²) in [6.07, 6.45) is 0. The third-order valence-corrected chi connectivity index (χ3v) is 5.80. The molecule has 2 heterocycles. The zero-order chi connectivity index (χ0) is 20.9. The molecule has 1 N–H and O–H groups in total. The van der Waals surface area contributed by atoms with Crippen LogP contribution in [0.4, 0.5) is 17.1 Å². The zero-order valence-corrected chi connectivity index (χ0v) is 16.8. The lowest BCUT2D eigenvalue weighted by Crippen LogP contribution is -2.63. The Labute approximate surface area is 174 Å². The maximum Gasteiger partial charge on any atom is 0.279 e. The third-order valence-electron chi connectivity index (χ3n) is 5.80. The van der Waals surface area contributed by atoms with Crippen LogP contribution in [0, 0.1) is 0 Å². The number of benzene rings is 3. The van der Waals surface area contributed by atoms with Crippen molar-refractivity contribution >= 4 is 28.9 Å². The van der Waals surface area contributed by atoms with Crippen LogP contribution in [0.5, 0.6) is 5.75 Å². The molecule has 3 aromatic rings. The number of methoxy groups -OCH3 is 1. The number of hydrogen-bond acceptors (Lipinski definition) is 4. The number of likely N-dealkylation sites (N-methyl/N-ethyl adjacent to an activating group) is 1. The molecule has 5 rings (SSSR count). The fourth-order valence-corrected chi connectivity index (χ4v) is 4.43. The van der Waals surface area contributed by atoms with Gasteiger partial charge in [-0.25, -0.2) is 0 Å². The number of para-hydroxylation sites is 2. The Kier molecular flexibility index (Phi) is 4.03. The summed E-state index contributed by atoms with van der Waals surface area (Å²) in [7, 11) is 1.59. The second kappa shape index (κ2) is 6.62. The summed E-state index contributed by atoms with van der Waals surface area (Å²) < 4.78 is 5.27. The lowest BCUT2D eigenvalue weighted by Gasteiger charge is -2.45. The Hall–Kier alpha value is -3.80. The van der Waals surface area contributed by atoms with Crippen LogP contribution in [0.3, 0.4) is 0 Å². The normalized spacial score (nSPS) is 19.5. The highest BCUT2D eigenvalue weighted by atomic mass is 16.5. The van der Waals surface area contributed by atoms with Gasteiger partial charge in [0.1, 0.15) is 5.75 Å². The maximum absolute atomic E-state index is 13.9. The van der Waals surface area contributed by atoms with Crippen molar-refractivity contribution in [3.63, 3.8) is 0 Å². The molecule has 150 valence electrons. The molecule has 3 aromatic carbocycles. The van der Waals surface area contributed by atoms with Crippen molar-refractivity contribution in [2.75, 3.05) is 28.8 Å². The van der Waals surface area contributed by atoms with Crippen LogP contribution in [0.25, 0.3) is 0 Å². The van der Waals surface area contributed by atoms with Gasteiger partial charge in [0.25, 0.3) is 11.8 Å². The molecule has 0 bridgehead atoms. The number of hydrogen-bond donors (Lipinski definition) is 1. The Morgan fingerprint density at radius 2 is 1.63 bits per heavy atom. The number of fused-ring (bicyclic) bond motifs is 3. The van der Waals surface area contributed by atoms with E-state index in [0.717, 1.165) is 11.3 Å². The standard InChI is InChI=1S/C24H21N3O3/c1-3-26-21-11-7-5-9-19(21)24(23(26)29)25-20-10-6-4-8-18(20)22(28)27(24)16-12-14-17(30-2)15-13-16/h4-15,25H,3H2,1-2H3. The number of ether oxygens (including phenoxy) is 1. The van der Waals surface area contributed by atoms with Gasteiger partial charge in [0.05, 0.1) is 18.4 Å². The molecule has 0 radical (unpaired) electrons. The first kappa shape index (κ1) is 18.2. The first-order valence-corrected chi connectivity index (χ1v) is 9.89. The average molecular weight is 399 g/mol. The second-order valence-corrected chi connectivity index (χ2v) is 7.29. The fourth-order valence-electron chi connectivity index (χ4n) is 4.43. The van der Waals surface area contributed by atoms with Crippen LogP contribution in [0.2, 0.25) is 0 Å². The molecule has 0 aliphatic carbocycles. The summed E-state index contributed by atoms with van der Waals surface area (Å²) in [6.45, 7) is 2.44. The maximum atomic E-state index is 13.9. The molecule has 0 fully saturated rings. The van der Waals surface area contributed by atoms with Crippen LogP contribution in [-0.2, 0) is 10.5 Å². The molecule has 2 aliphatic heterocycles. The van der Waals surface area contributed by atoms with Gasteiger partial charge in [-0.05, 0) is 49.4 Å². The van der Waals surface area contributed by atoms with Crippen molar-refractivity contribution in [3.05, 3.63) is 83.9 Å². The SMILES string of the molecule is CCN1C(=O)C2(Nc3ccccc3C(=O)N2c2ccc(OC)cc2)c2ccccc21. The molecule has 6 heteroatoms. The largest absolute Gasteiger partial charge is 0.497 e. The van der Waals surface area contributed by atoms with E-state index in [2.05, 4.69) is 5.32 Å². The predicted molar refractivity (Wildman–Crippen MR) is 116 cm³/mol. The van der Waals surface area contributed by atoms with Crippen molar-refractivity contribution in [1.29, 1.82) is 0 Å². The van der Waals surface area contributed by atoms with Crippen LogP contribution < -0.4 is 19.9 Å². The Balaban J connectivity index is 1.80. The van der Waals surface area contributed by atoms with E-state index in [9.17, 15) is 9.59 Å². The molecular formula is C24H21N3O3. The average Bonchev–Trinajstić information content (AvgIpc) is 3.02. The molecule has 0 saturated heterocycles. The summed E-state index contributed by atoms with van der Waals surface area (Å²) >= 11 is 0. The first-order valence-electron chi connectivity index (χ1n) is 9.89. The minimum atomic E-state index is -1.35. The van der Waals surface area contributed by atoms with E-state index in [1.165, 1.54) is 0 Å². The van der Waals surface area contributed by atoms with Gasteiger partial charge in [-0.1, -0.05) is 30.3 Å². The summed E-state index contributed by atoms with van der Waals surface area (Å²) in [5.74, 6) is 0.277. The monoisotopic (exact) mass is 399 g/mol. The van der Waals surface area contributed by atoms with Crippen molar-refractivity contribution in [2.24, 2.45) is 0 Å². The number of amides is 2. The smallest absolute Gasteiger partial charge is 0.279 e. The van der Waals surface area contributed by atoms with Gasteiger partial charge >= 0.3 is 0 Å². The summed E-state index contributed by atoms with van der Waals surface area (Å²) in [5, 5.41) is 3.43. The van der Waals surface area contributed by atoms with Crippen molar-refractivity contribution in [3.8, 4) is 5.75 Å². The molecule has 1 atom stereocenters. The highest BCUT2D eigenvalue weighted by Gasteiger charge is 2.59. The van der Waals surface area contributed by atoms with Gasteiger partial charge in [0, 0.05) is 23.5 Å². The van der Waals surface area contributed by atoms with Crippen molar-refractivity contribution in [2.45, 2.75) is 12.6 Å². The van der Waals surface area contributed by atoms with E-state index in [0.29, 0.717) is 29.2 Å². The summed E-state index contributed by atoms with van der Waals surface area (Å²) in [6, 6.07) is 22.1. The van der Waals surface area contributed by atoms with E-state index < -0.39 is 5.66 Å². The number of carbonyl (C=O) groups excluding carboxylic acids is 2. The molecule has 30 heavy (non-hydrogen) atoms. The quantitative estimate of drug-likeness (QED) is 0.724. The van der Waals surface area contributed by atoms with Gasteiger partial charge in [0.15, 0.2) is 0 Å². The third kappa shape index (κ3) is 2.30. The molecule has 1 spiro atoms. The van der Waals surface area contributed by atoms with Gasteiger partial charge in [-0.2, -0.15) is 0 Å². The van der Waals surface area contributed by atoms with Gasteiger partial charge in [0.2, 0.25) is 5.66 Å². The Morgan fingerprint density at radius 1 is 0.933 bits per heavy atom. The van der Waals surface area contributed by atoms with Crippen molar-refractivity contribution in [1.82, 2.24) is 0 Å².